The van der Waals surface area contributed by atoms with Crippen LogP contribution >= 0.6 is 0 Å². The fraction of sp³-hybridized carbons (Fsp3) is 0.100. The van der Waals surface area contributed by atoms with Crippen molar-refractivity contribution in [2.75, 3.05) is 5.32 Å². The molecule has 0 saturated heterocycles. The van der Waals surface area contributed by atoms with Crippen molar-refractivity contribution >= 4 is 11.6 Å². The van der Waals surface area contributed by atoms with Crippen LogP contribution in [0.4, 0.5) is 5.69 Å². The number of amides is 1. The molecule has 126 valence electrons. The number of hydrogen-bond acceptors (Lipinski definition) is 4. The topological polar surface area (TPSA) is 88.2 Å². The number of nitrogens with two attached hydrogens (primary N) is 1. The maximum atomic E-state index is 12.2. The quantitative estimate of drug-likeness (QED) is 0.670. The Hall–Kier alpha value is -3.02. The number of aromatic nitrogens is 1. The lowest BCUT2D eigenvalue weighted by atomic mass is 10.0. The Morgan fingerprint density at radius 2 is 1.52 bits per heavy atom. The zero-order valence-corrected chi connectivity index (χ0v) is 13.5. The lowest BCUT2D eigenvalue weighted by molar-refractivity contribution is -0.125. The molecular weight excluding hydrogens is 314 g/mol. The van der Waals surface area contributed by atoms with Gasteiger partial charge in [0.05, 0.1) is 6.04 Å². The summed E-state index contributed by atoms with van der Waals surface area (Å²) in [6.07, 6.45) is 2.13. The number of hydrogen-bond donors (Lipinski definition) is 3. The minimum absolute atomic E-state index is 0.534. The molecule has 0 fully saturated rings. The number of nitrogens with zero attached hydrogens (tertiary/aromatic N) is 1. The number of anilines is 1. The minimum atomic E-state index is -1.33. The van der Waals surface area contributed by atoms with Gasteiger partial charge in [0.25, 0.3) is 5.91 Å². The highest BCUT2D eigenvalue weighted by molar-refractivity contribution is 5.94. The Labute approximate surface area is 146 Å². The van der Waals surface area contributed by atoms with Gasteiger partial charge in [-0.15, -0.1) is 0 Å². The number of aliphatic hydroxyl groups excluding tert-OH is 1. The van der Waals surface area contributed by atoms with Crippen LogP contribution in [0.1, 0.15) is 11.6 Å². The van der Waals surface area contributed by atoms with Gasteiger partial charge in [-0.3, -0.25) is 9.78 Å². The van der Waals surface area contributed by atoms with Gasteiger partial charge in [0.15, 0.2) is 6.10 Å². The molecule has 25 heavy (non-hydrogen) atoms. The van der Waals surface area contributed by atoms with Crippen molar-refractivity contribution in [2.45, 2.75) is 12.1 Å². The van der Waals surface area contributed by atoms with Gasteiger partial charge >= 0.3 is 0 Å². The number of carbonyl (C=O) groups is 1. The van der Waals surface area contributed by atoms with Crippen molar-refractivity contribution in [2.24, 2.45) is 5.73 Å². The summed E-state index contributed by atoms with van der Waals surface area (Å²) in [6, 6.07) is 19.5. The van der Waals surface area contributed by atoms with E-state index in [1.165, 1.54) is 0 Å². The highest BCUT2D eigenvalue weighted by Gasteiger charge is 2.24. The molecular formula is C20H19N3O2. The van der Waals surface area contributed by atoms with Crippen LogP contribution in [-0.2, 0) is 4.79 Å². The Kier molecular flexibility index (Phi) is 5.18. The molecule has 0 spiro atoms. The summed E-state index contributed by atoms with van der Waals surface area (Å²) >= 11 is 0. The van der Waals surface area contributed by atoms with Gasteiger partial charge in [0.2, 0.25) is 0 Å². The third kappa shape index (κ3) is 4.09. The molecule has 0 aliphatic rings. The summed E-state index contributed by atoms with van der Waals surface area (Å²) in [5.41, 5.74) is 9.34. The van der Waals surface area contributed by atoms with Gasteiger partial charge in [-0.2, -0.15) is 0 Å². The maximum absolute atomic E-state index is 12.2. The molecule has 0 radical (unpaired) electrons. The van der Waals surface area contributed by atoms with Crippen molar-refractivity contribution in [3.05, 3.63) is 84.7 Å². The van der Waals surface area contributed by atoms with Crippen LogP contribution in [0.2, 0.25) is 0 Å². The molecule has 0 saturated carbocycles. The molecule has 5 nitrogen and oxygen atoms in total. The fourth-order valence-electron chi connectivity index (χ4n) is 2.53. The second-order valence-corrected chi connectivity index (χ2v) is 5.68. The first kappa shape index (κ1) is 16.8. The van der Waals surface area contributed by atoms with Crippen LogP contribution in [0.15, 0.2) is 79.1 Å². The number of rotatable bonds is 5. The molecule has 0 bridgehead atoms. The van der Waals surface area contributed by atoms with Crippen molar-refractivity contribution in [3.8, 4) is 11.1 Å². The van der Waals surface area contributed by atoms with Gasteiger partial charge in [0.1, 0.15) is 0 Å². The SMILES string of the molecule is N[C@@H](c1ccccc1)[C@@H](O)C(=O)Nc1ccc(-c2ccncc2)cc1. The van der Waals surface area contributed by atoms with Gasteiger partial charge in [0, 0.05) is 18.1 Å². The first-order valence-electron chi connectivity index (χ1n) is 7.95. The second-order valence-electron chi connectivity index (χ2n) is 5.68. The molecule has 5 heteroatoms. The van der Waals surface area contributed by atoms with Gasteiger partial charge in [-0.1, -0.05) is 42.5 Å². The van der Waals surface area contributed by atoms with Gasteiger partial charge in [-0.05, 0) is 41.0 Å². The largest absolute Gasteiger partial charge is 0.381 e. The molecule has 3 rings (SSSR count). The zero-order valence-electron chi connectivity index (χ0n) is 13.5. The Bertz CT molecular complexity index is 821. The summed E-state index contributed by atoms with van der Waals surface area (Å²) in [4.78, 5) is 16.2. The number of nitrogens with one attached hydrogen (secondary N) is 1. The summed E-state index contributed by atoms with van der Waals surface area (Å²) in [5, 5.41) is 12.9. The highest BCUT2D eigenvalue weighted by Crippen LogP contribution is 2.21. The lowest BCUT2D eigenvalue weighted by Crippen LogP contribution is -2.37. The average Bonchev–Trinajstić information content (AvgIpc) is 2.68. The van der Waals surface area contributed by atoms with E-state index in [1.807, 2.05) is 42.5 Å². The molecule has 0 unspecified atom stereocenters. The van der Waals surface area contributed by atoms with Crippen LogP contribution in [-0.4, -0.2) is 22.1 Å². The minimum Gasteiger partial charge on any atom is -0.381 e. The third-order valence-corrected chi connectivity index (χ3v) is 3.96. The molecule has 2 aromatic carbocycles. The van der Waals surface area contributed by atoms with Crippen molar-refractivity contribution in [1.29, 1.82) is 0 Å². The van der Waals surface area contributed by atoms with E-state index in [4.69, 9.17) is 5.73 Å². The van der Waals surface area contributed by atoms with Crippen LogP contribution in [0, 0.1) is 0 Å². The van der Waals surface area contributed by atoms with Crippen LogP contribution in [0.25, 0.3) is 11.1 Å². The molecule has 4 N–H and O–H groups in total. The number of carbonyl (C=O) groups excluding carboxylic acids is 1. The summed E-state index contributed by atoms with van der Waals surface area (Å²) in [6.45, 7) is 0. The predicted molar refractivity (Wildman–Crippen MR) is 97.7 cm³/mol. The first-order valence-corrected chi connectivity index (χ1v) is 7.95. The number of benzene rings is 2. The van der Waals surface area contributed by atoms with Gasteiger partial charge in [-0.25, -0.2) is 0 Å². The van der Waals surface area contributed by atoms with E-state index in [0.717, 1.165) is 11.1 Å². The van der Waals surface area contributed by atoms with E-state index in [0.29, 0.717) is 11.3 Å². The van der Waals surface area contributed by atoms with Crippen LogP contribution in [0.3, 0.4) is 0 Å². The predicted octanol–water partition coefficient (Wildman–Crippen LogP) is 2.75. The normalized spacial score (nSPS) is 13.0. The number of aliphatic hydroxyl groups is 1. The second kappa shape index (κ2) is 7.70. The van der Waals surface area contributed by atoms with E-state index in [9.17, 15) is 9.90 Å². The average molecular weight is 333 g/mol. The molecule has 1 amide bonds. The first-order chi connectivity index (χ1) is 12.1. The van der Waals surface area contributed by atoms with Crippen LogP contribution in [0.5, 0.6) is 0 Å². The molecule has 0 aliphatic carbocycles. The standard InChI is InChI=1S/C20H19N3O2/c21-18(16-4-2-1-3-5-16)19(24)20(25)23-17-8-6-14(7-9-17)15-10-12-22-13-11-15/h1-13,18-19,24H,21H2,(H,23,25)/t18-,19+/m0/s1. The van der Waals surface area contributed by atoms with Crippen molar-refractivity contribution in [3.63, 3.8) is 0 Å². The molecule has 2 atom stereocenters. The zero-order chi connectivity index (χ0) is 17.6. The maximum Gasteiger partial charge on any atom is 0.255 e. The summed E-state index contributed by atoms with van der Waals surface area (Å²) in [7, 11) is 0. The highest BCUT2D eigenvalue weighted by atomic mass is 16.3. The molecule has 1 aromatic heterocycles. The molecule has 3 aromatic rings. The Morgan fingerprint density at radius 3 is 2.16 bits per heavy atom. The third-order valence-electron chi connectivity index (χ3n) is 3.96. The smallest absolute Gasteiger partial charge is 0.255 e. The van der Waals surface area contributed by atoms with Crippen molar-refractivity contribution in [1.82, 2.24) is 4.98 Å². The fourth-order valence-corrected chi connectivity index (χ4v) is 2.53. The Balaban J connectivity index is 1.66. The van der Waals surface area contributed by atoms with E-state index >= 15 is 0 Å². The van der Waals surface area contributed by atoms with E-state index in [-0.39, 0.29) is 0 Å². The molecule has 0 aliphatic heterocycles. The number of pyridine rings is 1. The van der Waals surface area contributed by atoms with E-state index in [1.54, 1.807) is 36.7 Å². The van der Waals surface area contributed by atoms with Gasteiger partial charge < -0.3 is 16.2 Å². The summed E-state index contributed by atoms with van der Waals surface area (Å²) < 4.78 is 0. The monoisotopic (exact) mass is 333 g/mol. The van der Waals surface area contributed by atoms with E-state index < -0.39 is 18.1 Å². The Morgan fingerprint density at radius 1 is 0.920 bits per heavy atom. The molecule has 1 heterocycles. The lowest BCUT2D eigenvalue weighted by Gasteiger charge is -2.18. The van der Waals surface area contributed by atoms with Crippen molar-refractivity contribution < 1.29 is 9.90 Å². The summed E-state index contributed by atoms with van der Waals surface area (Å²) in [5.74, 6) is -0.534. The van der Waals surface area contributed by atoms with E-state index in [2.05, 4.69) is 10.3 Å². The van der Waals surface area contributed by atoms with Crippen LogP contribution < -0.4 is 11.1 Å².